The van der Waals surface area contributed by atoms with E-state index in [1.807, 2.05) is 12.1 Å². The zero-order valence-corrected chi connectivity index (χ0v) is 9.77. The first-order valence-electron chi connectivity index (χ1n) is 4.92. The van der Waals surface area contributed by atoms with Gasteiger partial charge in [-0.25, -0.2) is 0 Å². The maximum atomic E-state index is 5.62. The van der Waals surface area contributed by atoms with Crippen LogP contribution < -0.4 is 5.73 Å². The Hall–Kier alpha value is -1.35. The van der Waals surface area contributed by atoms with Crippen molar-refractivity contribution >= 4 is 28.1 Å². The third-order valence-electron chi connectivity index (χ3n) is 2.88. The van der Waals surface area contributed by atoms with Crippen LogP contribution in [0, 0.1) is 6.92 Å². The topological polar surface area (TPSA) is 30.9 Å². The zero-order chi connectivity index (χ0) is 11.0. The molecule has 0 saturated carbocycles. The van der Waals surface area contributed by atoms with Gasteiger partial charge in [-0.3, -0.25) is 0 Å². The Labute approximate surface area is 94.7 Å². The molecule has 2 nitrogen and oxygen atoms in total. The molecule has 0 aliphatic heterocycles. The largest absolute Gasteiger partial charge is 0.393 e. The third kappa shape index (κ3) is 1.63. The minimum Gasteiger partial charge on any atom is -0.393 e. The summed E-state index contributed by atoms with van der Waals surface area (Å²) in [6, 6.07) is 8.33. The minimum atomic E-state index is 0.550. The Kier molecular flexibility index (Phi) is 2.49. The van der Waals surface area contributed by atoms with Crippen molar-refractivity contribution in [3.05, 3.63) is 35.5 Å². The van der Waals surface area contributed by atoms with E-state index in [1.54, 1.807) is 0 Å². The van der Waals surface area contributed by atoms with Crippen LogP contribution in [0.3, 0.4) is 0 Å². The monoisotopic (exact) mass is 218 g/mol. The van der Waals surface area contributed by atoms with Gasteiger partial charge in [0.25, 0.3) is 0 Å². The lowest BCUT2D eigenvalue weighted by Crippen LogP contribution is -2.11. The number of fused-ring (bicyclic) bond motifs is 1. The second kappa shape index (κ2) is 3.66. The molecule has 0 aliphatic carbocycles. The number of rotatable bonds is 2. The summed E-state index contributed by atoms with van der Waals surface area (Å²) < 4.78 is 2.18. The average Bonchev–Trinajstić information content (AvgIpc) is 2.44. The predicted molar refractivity (Wildman–Crippen MR) is 68.1 cm³/mol. The normalized spacial score (nSPS) is 10.8. The van der Waals surface area contributed by atoms with Gasteiger partial charge < -0.3 is 10.3 Å². The minimum absolute atomic E-state index is 0.550. The summed E-state index contributed by atoms with van der Waals surface area (Å²) in [5.41, 5.74) is 9.34. The molecule has 78 valence electrons. The first kappa shape index (κ1) is 10.2. The molecule has 1 aromatic heterocycles. The molecule has 15 heavy (non-hydrogen) atoms. The zero-order valence-electron chi connectivity index (χ0n) is 8.95. The first-order chi connectivity index (χ1) is 7.11. The van der Waals surface area contributed by atoms with E-state index in [4.69, 9.17) is 18.0 Å². The average molecular weight is 218 g/mol. The van der Waals surface area contributed by atoms with Crippen molar-refractivity contribution in [3.8, 4) is 0 Å². The molecular weight excluding hydrogens is 204 g/mol. The van der Waals surface area contributed by atoms with E-state index >= 15 is 0 Å². The molecule has 0 atom stereocenters. The van der Waals surface area contributed by atoms with Gasteiger partial charge in [-0.1, -0.05) is 30.4 Å². The van der Waals surface area contributed by atoms with Crippen molar-refractivity contribution in [2.75, 3.05) is 0 Å². The fraction of sp³-hybridized carbons (Fsp3) is 0.250. The Morgan fingerprint density at radius 1 is 1.40 bits per heavy atom. The van der Waals surface area contributed by atoms with Gasteiger partial charge in [0.05, 0.1) is 4.99 Å². The fourth-order valence-electron chi connectivity index (χ4n) is 2.00. The van der Waals surface area contributed by atoms with Crippen molar-refractivity contribution in [1.82, 2.24) is 4.57 Å². The lowest BCUT2D eigenvalue weighted by molar-refractivity contribution is 0.907. The van der Waals surface area contributed by atoms with Crippen molar-refractivity contribution in [3.63, 3.8) is 0 Å². The number of nitrogens with two attached hydrogens (primary N) is 1. The molecule has 2 N–H and O–H groups in total. The van der Waals surface area contributed by atoms with Gasteiger partial charge in [0.15, 0.2) is 0 Å². The number of hydrogen-bond acceptors (Lipinski definition) is 1. The number of hydrogen-bond donors (Lipinski definition) is 1. The van der Waals surface area contributed by atoms with Gasteiger partial charge in [0, 0.05) is 30.1 Å². The number of nitrogens with zero attached hydrogens (tertiary/aromatic N) is 1. The van der Waals surface area contributed by atoms with Crippen LogP contribution in [0.2, 0.25) is 0 Å². The van der Waals surface area contributed by atoms with Gasteiger partial charge in [0.1, 0.15) is 0 Å². The molecule has 0 saturated heterocycles. The SMILES string of the molecule is Cc1c(CC(N)=S)c2ccccc2n1C. The summed E-state index contributed by atoms with van der Waals surface area (Å²) >= 11 is 4.98. The van der Waals surface area contributed by atoms with Crippen LogP contribution in [0.15, 0.2) is 24.3 Å². The van der Waals surface area contributed by atoms with Gasteiger partial charge in [0.2, 0.25) is 0 Å². The van der Waals surface area contributed by atoms with Crippen LogP contribution in [-0.4, -0.2) is 9.56 Å². The first-order valence-corrected chi connectivity index (χ1v) is 5.33. The predicted octanol–water partition coefficient (Wildman–Crippen LogP) is 2.32. The maximum Gasteiger partial charge on any atom is 0.0772 e. The summed E-state index contributed by atoms with van der Waals surface area (Å²) in [5.74, 6) is 0. The van der Waals surface area contributed by atoms with Crippen molar-refractivity contribution < 1.29 is 0 Å². The summed E-state index contributed by atoms with van der Waals surface area (Å²) in [4.78, 5) is 0.550. The molecule has 0 radical (unpaired) electrons. The Balaban J connectivity index is 2.72. The Morgan fingerprint density at radius 2 is 2.07 bits per heavy atom. The number of benzene rings is 1. The summed E-state index contributed by atoms with van der Waals surface area (Å²) in [7, 11) is 2.07. The van der Waals surface area contributed by atoms with Crippen molar-refractivity contribution in [2.45, 2.75) is 13.3 Å². The fourth-order valence-corrected chi connectivity index (χ4v) is 2.14. The highest BCUT2D eigenvalue weighted by Gasteiger charge is 2.11. The molecule has 0 fully saturated rings. The molecule has 0 spiro atoms. The third-order valence-corrected chi connectivity index (χ3v) is 3.03. The maximum absolute atomic E-state index is 5.62. The highest BCUT2D eigenvalue weighted by atomic mass is 32.1. The summed E-state index contributed by atoms with van der Waals surface area (Å²) in [5, 5.41) is 1.25. The standard InChI is InChI=1S/C12H14N2S/c1-8-10(7-12(13)15)9-5-3-4-6-11(9)14(8)2/h3-6H,7H2,1-2H3,(H2,13,15). The smallest absolute Gasteiger partial charge is 0.0772 e. The van der Waals surface area contributed by atoms with E-state index in [2.05, 4.69) is 30.7 Å². The molecule has 0 aliphatic rings. The van der Waals surface area contributed by atoms with Crippen molar-refractivity contribution in [1.29, 1.82) is 0 Å². The van der Waals surface area contributed by atoms with Crippen LogP contribution in [0.5, 0.6) is 0 Å². The van der Waals surface area contributed by atoms with Gasteiger partial charge >= 0.3 is 0 Å². The second-order valence-corrected chi connectivity index (χ2v) is 4.31. The molecule has 0 amide bonds. The van der Waals surface area contributed by atoms with Crippen LogP contribution in [0.25, 0.3) is 10.9 Å². The molecule has 2 rings (SSSR count). The van der Waals surface area contributed by atoms with E-state index in [-0.39, 0.29) is 0 Å². The molecule has 3 heteroatoms. The Bertz CT molecular complexity index is 526. The molecule has 1 aromatic carbocycles. The highest BCUT2D eigenvalue weighted by molar-refractivity contribution is 7.80. The van der Waals surface area contributed by atoms with Gasteiger partial charge in [-0.15, -0.1) is 0 Å². The van der Waals surface area contributed by atoms with Gasteiger partial charge in [-0.05, 0) is 18.6 Å². The summed E-state index contributed by atoms with van der Waals surface area (Å²) in [6.07, 6.45) is 0.683. The Morgan fingerprint density at radius 3 is 2.73 bits per heavy atom. The van der Waals surface area contributed by atoms with Crippen LogP contribution in [0.1, 0.15) is 11.3 Å². The van der Waals surface area contributed by atoms with Crippen LogP contribution in [0.4, 0.5) is 0 Å². The number of aromatic nitrogens is 1. The van der Waals surface area contributed by atoms with E-state index in [9.17, 15) is 0 Å². The molecule has 0 unspecified atom stereocenters. The van der Waals surface area contributed by atoms with E-state index in [0.29, 0.717) is 11.4 Å². The number of thiocarbonyl (C=S) groups is 1. The lowest BCUT2D eigenvalue weighted by Gasteiger charge is -2.00. The molecule has 1 heterocycles. The van der Waals surface area contributed by atoms with Crippen molar-refractivity contribution in [2.24, 2.45) is 12.8 Å². The quantitative estimate of drug-likeness (QED) is 0.784. The van der Waals surface area contributed by atoms with E-state index in [1.165, 1.54) is 22.2 Å². The highest BCUT2D eigenvalue weighted by Crippen LogP contribution is 2.24. The second-order valence-electron chi connectivity index (χ2n) is 3.78. The van der Waals surface area contributed by atoms with E-state index < -0.39 is 0 Å². The molecule has 0 bridgehead atoms. The van der Waals surface area contributed by atoms with Crippen LogP contribution >= 0.6 is 12.2 Å². The van der Waals surface area contributed by atoms with E-state index in [0.717, 1.165) is 0 Å². The summed E-state index contributed by atoms with van der Waals surface area (Å²) in [6.45, 7) is 2.10. The molecular formula is C12H14N2S. The van der Waals surface area contributed by atoms with Gasteiger partial charge in [-0.2, -0.15) is 0 Å². The number of aryl methyl sites for hydroxylation is 1. The van der Waals surface area contributed by atoms with Crippen LogP contribution in [-0.2, 0) is 13.5 Å². The lowest BCUT2D eigenvalue weighted by atomic mass is 10.1. The molecule has 2 aromatic rings. The number of para-hydroxylation sites is 1.